The van der Waals surface area contributed by atoms with Crippen LogP contribution in [-0.4, -0.2) is 81.4 Å². The molecule has 1 aromatic rings. The lowest BCUT2D eigenvalue weighted by molar-refractivity contribution is 0.0264. The molecule has 0 amide bonds. The van der Waals surface area contributed by atoms with Crippen LogP contribution in [0.3, 0.4) is 0 Å². The Bertz CT molecular complexity index is 620. The van der Waals surface area contributed by atoms with Crippen molar-refractivity contribution in [2.75, 3.05) is 66.4 Å². The SMILES string of the molecule is COc1cc(CN2C[C@@H](CN3CCOCC3)[C@@H](CO)C2)cc2c1OCO2. The third-order valence-electron chi connectivity index (χ3n) is 5.61. The summed E-state index contributed by atoms with van der Waals surface area (Å²) in [7, 11) is 1.65. The van der Waals surface area contributed by atoms with Crippen LogP contribution in [0.2, 0.25) is 0 Å². The van der Waals surface area contributed by atoms with E-state index >= 15 is 0 Å². The van der Waals surface area contributed by atoms with Gasteiger partial charge in [-0.1, -0.05) is 0 Å². The Morgan fingerprint density at radius 2 is 1.92 bits per heavy atom. The molecule has 0 unspecified atom stereocenters. The number of fused-ring (bicyclic) bond motifs is 1. The van der Waals surface area contributed by atoms with Crippen LogP contribution < -0.4 is 14.2 Å². The number of hydrogen-bond donors (Lipinski definition) is 1. The topological polar surface area (TPSA) is 63.6 Å². The van der Waals surface area contributed by atoms with Gasteiger partial charge in [0.25, 0.3) is 0 Å². The van der Waals surface area contributed by atoms with E-state index in [-0.39, 0.29) is 13.4 Å². The quantitative estimate of drug-likeness (QED) is 0.801. The van der Waals surface area contributed by atoms with Gasteiger partial charge in [0.15, 0.2) is 11.5 Å². The van der Waals surface area contributed by atoms with Crippen molar-refractivity contribution in [3.8, 4) is 17.2 Å². The van der Waals surface area contributed by atoms with Crippen LogP contribution >= 0.6 is 0 Å². The van der Waals surface area contributed by atoms with Crippen LogP contribution in [0.4, 0.5) is 0 Å². The van der Waals surface area contributed by atoms with Gasteiger partial charge in [-0.05, 0) is 29.5 Å². The highest BCUT2D eigenvalue weighted by molar-refractivity contribution is 5.55. The molecule has 3 aliphatic rings. The average molecular weight is 364 g/mol. The Morgan fingerprint density at radius 3 is 2.69 bits per heavy atom. The lowest BCUT2D eigenvalue weighted by Gasteiger charge is -2.30. The Hall–Kier alpha value is -1.54. The van der Waals surface area contributed by atoms with Gasteiger partial charge in [0, 0.05) is 45.9 Å². The molecule has 1 aromatic carbocycles. The number of nitrogens with zero attached hydrogens (tertiary/aromatic N) is 2. The normalized spacial score (nSPS) is 26.4. The standard InChI is InChI=1S/C19H28N2O5/c1-23-17-6-14(7-18-19(17)26-13-25-18)8-21-10-15(16(11-21)12-22)9-20-2-4-24-5-3-20/h6-7,15-16,22H,2-5,8-13H2,1H3/t15-,16-/m1/s1. The minimum absolute atomic E-state index is 0.243. The lowest BCUT2D eigenvalue weighted by atomic mass is 9.96. The molecule has 2 saturated heterocycles. The molecule has 7 nitrogen and oxygen atoms in total. The van der Waals surface area contributed by atoms with Gasteiger partial charge < -0.3 is 24.1 Å². The van der Waals surface area contributed by atoms with Crippen LogP contribution in [0.15, 0.2) is 12.1 Å². The number of benzene rings is 1. The van der Waals surface area contributed by atoms with Crippen LogP contribution in [0.1, 0.15) is 5.56 Å². The van der Waals surface area contributed by atoms with E-state index < -0.39 is 0 Å². The van der Waals surface area contributed by atoms with E-state index in [1.807, 2.05) is 12.1 Å². The van der Waals surface area contributed by atoms with Crippen molar-refractivity contribution in [1.29, 1.82) is 0 Å². The van der Waals surface area contributed by atoms with Gasteiger partial charge >= 0.3 is 0 Å². The molecule has 0 aliphatic carbocycles. The van der Waals surface area contributed by atoms with Gasteiger partial charge in [-0.2, -0.15) is 0 Å². The molecule has 3 heterocycles. The van der Waals surface area contributed by atoms with Crippen LogP contribution in [-0.2, 0) is 11.3 Å². The van der Waals surface area contributed by atoms with Gasteiger partial charge in [-0.15, -0.1) is 0 Å². The third-order valence-corrected chi connectivity index (χ3v) is 5.61. The largest absolute Gasteiger partial charge is 0.493 e. The number of methoxy groups -OCH3 is 1. The first-order chi connectivity index (χ1) is 12.8. The molecule has 2 atom stereocenters. The van der Waals surface area contributed by atoms with E-state index in [4.69, 9.17) is 18.9 Å². The molecule has 0 radical (unpaired) electrons. The molecular formula is C19H28N2O5. The lowest BCUT2D eigenvalue weighted by Crippen LogP contribution is -2.41. The number of rotatable bonds is 6. The molecule has 0 bridgehead atoms. The maximum Gasteiger partial charge on any atom is 0.231 e. The molecule has 0 aromatic heterocycles. The highest BCUT2D eigenvalue weighted by Crippen LogP contribution is 2.42. The van der Waals surface area contributed by atoms with Crippen molar-refractivity contribution in [3.05, 3.63) is 17.7 Å². The van der Waals surface area contributed by atoms with Crippen LogP contribution in [0, 0.1) is 11.8 Å². The van der Waals surface area contributed by atoms with E-state index in [0.29, 0.717) is 17.6 Å². The van der Waals surface area contributed by atoms with Crippen molar-refractivity contribution in [1.82, 2.24) is 9.80 Å². The highest BCUT2D eigenvalue weighted by Gasteiger charge is 2.34. The fraction of sp³-hybridized carbons (Fsp3) is 0.684. The van der Waals surface area contributed by atoms with Crippen molar-refractivity contribution >= 4 is 0 Å². The molecule has 4 rings (SSSR count). The first kappa shape index (κ1) is 17.9. The second-order valence-corrected chi connectivity index (χ2v) is 7.34. The second kappa shape index (κ2) is 8.00. The fourth-order valence-electron chi connectivity index (χ4n) is 4.23. The Kier molecular flexibility index (Phi) is 5.49. The molecule has 0 saturated carbocycles. The maximum absolute atomic E-state index is 9.83. The van der Waals surface area contributed by atoms with Crippen molar-refractivity contribution in [3.63, 3.8) is 0 Å². The molecule has 3 aliphatic heterocycles. The highest BCUT2D eigenvalue weighted by atomic mass is 16.7. The van der Waals surface area contributed by atoms with Crippen molar-refractivity contribution < 1.29 is 24.1 Å². The summed E-state index contributed by atoms with van der Waals surface area (Å²) in [5.41, 5.74) is 1.15. The molecule has 144 valence electrons. The van der Waals surface area contributed by atoms with Gasteiger partial charge in [-0.3, -0.25) is 9.80 Å². The van der Waals surface area contributed by atoms with E-state index in [9.17, 15) is 5.11 Å². The minimum Gasteiger partial charge on any atom is -0.493 e. The molecular weight excluding hydrogens is 336 g/mol. The van der Waals surface area contributed by atoms with Crippen LogP contribution in [0.5, 0.6) is 17.2 Å². The monoisotopic (exact) mass is 364 g/mol. The Balaban J connectivity index is 1.41. The zero-order valence-electron chi connectivity index (χ0n) is 15.4. The minimum atomic E-state index is 0.243. The average Bonchev–Trinajstić information content (AvgIpc) is 3.28. The smallest absolute Gasteiger partial charge is 0.231 e. The van der Waals surface area contributed by atoms with Crippen LogP contribution in [0.25, 0.3) is 0 Å². The number of hydrogen-bond acceptors (Lipinski definition) is 7. The van der Waals surface area contributed by atoms with Crippen molar-refractivity contribution in [2.45, 2.75) is 6.54 Å². The summed E-state index contributed by atoms with van der Waals surface area (Å²) in [6.45, 7) is 7.89. The molecule has 1 N–H and O–H groups in total. The Morgan fingerprint density at radius 1 is 1.12 bits per heavy atom. The van der Waals surface area contributed by atoms with Gasteiger partial charge in [0.05, 0.1) is 20.3 Å². The van der Waals surface area contributed by atoms with E-state index in [2.05, 4.69) is 9.80 Å². The maximum atomic E-state index is 9.83. The number of morpholine rings is 1. The number of aliphatic hydroxyl groups excluding tert-OH is 1. The van der Waals surface area contributed by atoms with Gasteiger partial charge in [0.2, 0.25) is 12.5 Å². The predicted octanol–water partition coefficient (Wildman–Crippen LogP) is 0.796. The third kappa shape index (κ3) is 3.76. The fourth-order valence-corrected chi connectivity index (χ4v) is 4.23. The second-order valence-electron chi connectivity index (χ2n) is 7.34. The first-order valence-corrected chi connectivity index (χ1v) is 9.36. The van der Waals surface area contributed by atoms with Gasteiger partial charge in [-0.25, -0.2) is 0 Å². The number of likely N-dealkylation sites (tertiary alicyclic amines) is 1. The number of aliphatic hydroxyl groups is 1. The van der Waals surface area contributed by atoms with E-state index in [1.54, 1.807) is 7.11 Å². The summed E-state index contributed by atoms with van der Waals surface area (Å²) in [4.78, 5) is 4.88. The van der Waals surface area contributed by atoms with Gasteiger partial charge in [0.1, 0.15) is 0 Å². The molecule has 2 fully saturated rings. The van der Waals surface area contributed by atoms with E-state index in [1.165, 1.54) is 0 Å². The van der Waals surface area contributed by atoms with E-state index in [0.717, 1.165) is 69.5 Å². The summed E-state index contributed by atoms with van der Waals surface area (Å²) in [5.74, 6) is 2.98. The number of ether oxygens (including phenoxy) is 4. The molecule has 26 heavy (non-hydrogen) atoms. The molecule has 7 heteroatoms. The Labute approximate surface area is 154 Å². The predicted molar refractivity (Wildman–Crippen MR) is 95.7 cm³/mol. The zero-order valence-corrected chi connectivity index (χ0v) is 15.4. The van der Waals surface area contributed by atoms with Crippen molar-refractivity contribution in [2.24, 2.45) is 11.8 Å². The zero-order chi connectivity index (χ0) is 17.9. The summed E-state index contributed by atoms with van der Waals surface area (Å²) in [5, 5.41) is 9.83. The summed E-state index contributed by atoms with van der Waals surface area (Å²) < 4.78 is 21.9. The summed E-state index contributed by atoms with van der Waals surface area (Å²) >= 11 is 0. The summed E-state index contributed by atoms with van der Waals surface area (Å²) in [6, 6.07) is 4.06. The first-order valence-electron chi connectivity index (χ1n) is 9.36. The molecule has 0 spiro atoms. The summed E-state index contributed by atoms with van der Waals surface area (Å²) in [6.07, 6.45) is 0.